The molecule has 1 saturated carbocycles. The fraction of sp³-hybridized carbons (Fsp3) is 0.529. The van der Waals surface area contributed by atoms with Gasteiger partial charge in [-0.1, -0.05) is 31.4 Å². The third kappa shape index (κ3) is 5.39. The van der Waals surface area contributed by atoms with Crippen molar-refractivity contribution in [3.63, 3.8) is 0 Å². The minimum Gasteiger partial charge on any atom is -0.493 e. The molecule has 1 fully saturated rings. The Kier molecular flexibility index (Phi) is 6.25. The number of rotatable bonds is 5. The van der Waals surface area contributed by atoms with Crippen molar-refractivity contribution >= 4 is 11.8 Å². The predicted octanol–water partition coefficient (Wildman–Crippen LogP) is 2.49. The average molecular weight is 304 g/mol. The normalized spacial score (nSPS) is 15.1. The molecule has 1 aromatic rings. The van der Waals surface area contributed by atoms with E-state index >= 15 is 0 Å². The summed E-state index contributed by atoms with van der Waals surface area (Å²) in [5.74, 6) is 0.473. The van der Waals surface area contributed by atoms with Crippen LogP contribution in [-0.2, 0) is 9.59 Å². The van der Waals surface area contributed by atoms with E-state index in [4.69, 9.17) is 4.74 Å². The summed E-state index contributed by atoms with van der Waals surface area (Å²) in [6.07, 6.45) is 5.43. The third-order valence-corrected chi connectivity index (χ3v) is 3.89. The van der Waals surface area contributed by atoms with Crippen molar-refractivity contribution in [2.24, 2.45) is 5.92 Å². The Bertz CT molecular complexity index is 510. The van der Waals surface area contributed by atoms with E-state index in [2.05, 4.69) is 10.9 Å². The van der Waals surface area contributed by atoms with E-state index in [0.717, 1.165) is 37.0 Å². The lowest BCUT2D eigenvalue weighted by molar-refractivity contribution is -0.132. The van der Waals surface area contributed by atoms with Crippen LogP contribution in [0.25, 0.3) is 0 Å². The summed E-state index contributed by atoms with van der Waals surface area (Å²) < 4.78 is 5.51. The van der Waals surface area contributed by atoms with Crippen molar-refractivity contribution < 1.29 is 14.3 Å². The van der Waals surface area contributed by atoms with E-state index in [1.54, 1.807) is 0 Å². The van der Waals surface area contributed by atoms with Crippen molar-refractivity contribution in [3.8, 4) is 5.75 Å². The quantitative estimate of drug-likeness (QED) is 0.821. The molecule has 0 heterocycles. The second-order valence-corrected chi connectivity index (χ2v) is 5.79. The molecule has 0 aliphatic heterocycles. The van der Waals surface area contributed by atoms with E-state index in [0.29, 0.717) is 0 Å². The van der Waals surface area contributed by atoms with Gasteiger partial charge in [-0.15, -0.1) is 0 Å². The number of hydrazine groups is 1. The van der Waals surface area contributed by atoms with E-state index in [-0.39, 0.29) is 30.8 Å². The van der Waals surface area contributed by atoms with Crippen LogP contribution in [-0.4, -0.2) is 18.4 Å². The largest absolute Gasteiger partial charge is 0.493 e. The predicted molar refractivity (Wildman–Crippen MR) is 84.2 cm³/mol. The fourth-order valence-electron chi connectivity index (χ4n) is 2.63. The maximum absolute atomic E-state index is 11.9. The van der Waals surface area contributed by atoms with Gasteiger partial charge in [-0.3, -0.25) is 20.4 Å². The van der Waals surface area contributed by atoms with Gasteiger partial charge >= 0.3 is 0 Å². The number of ether oxygens (including phenoxy) is 1. The first kappa shape index (κ1) is 16.3. The molecule has 2 N–H and O–H groups in total. The van der Waals surface area contributed by atoms with Crippen LogP contribution < -0.4 is 15.6 Å². The van der Waals surface area contributed by atoms with Crippen molar-refractivity contribution in [3.05, 3.63) is 29.8 Å². The summed E-state index contributed by atoms with van der Waals surface area (Å²) in [4.78, 5) is 23.6. The molecule has 120 valence electrons. The highest BCUT2D eigenvalue weighted by atomic mass is 16.5. The van der Waals surface area contributed by atoms with Crippen LogP contribution in [0.5, 0.6) is 5.75 Å². The first-order chi connectivity index (χ1) is 10.6. The van der Waals surface area contributed by atoms with Crippen LogP contribution in [0.2, 0.25) is 0 Å². The Morgan fingerprint density at radius 1 is 1.18 bits per heavy atom. The molecule has 1 aliphatic carbocycles. The minimum absolute atomic E-state index is 0.0394. The second-order valence-electron chi connectivity index (χ2n) is 5.79. The average Bonchev–Trinajstić information content (AvgIpc) is 2.53. The minimum atomic E-state index is -0.239. The maximum Gasteiger partial charge on any atom is 0.241 e. The van der Waals surface area contributed by atoms with E-state index < -0.39 is 0 Å². The van der Waals surface area contributed by atoms with Crippen LogP contribution in [0.4, 0.5) is 0 Å². The molecule has 5 heteroatoms. The Morgan fingerprint density at radius 3 is 2.68 bits per heavy atom. The zero-order valence-corrected chi connectivity index (χ0v) is 13.1. The van der Waals surface area contributed by atoms with Gasteiger partial charge < -0.3 is 4.74 Å². The zero-order chi connectivity index (χ0) is 15.8. The van der Waals surface area contributed by atoms with Gasteiger partial charge in [0.25, 0.3) is 0 Å². The van der Waals surface area contributed by atoms with Crippen molar-refractivity contribution in [2.45, 2.75) is 45.4 Å². The smallest absolute Gasteiger partial charge is 0.241 e. The summed E-state index contributed by atoms with van der Waals surface area (Å²) in [7, 11) is 0. The molecular weight excluding hydrogens is 280 g/mol. The summed E-state index contributed by atoms with van der Waals surface area (Å²) in [6.45, 7) is 2.27. The molecule has 0 unspecified atom stereocenters. The maximum atomic E-state index is 11.9. The van der Waals surface area contributed by atoms with Crippen LogP contribution >= 0.6 is 0 Å². The Morgan fingerprint density at radius 2 is 1.95 bits per heavy atom. The monoisotopic (exact) mass is 304 g/mol. The van der Waals surface area contributed by atoms with Crippen molar-refractivity contribution in [2.75, 3.05) is 6.61 Å². The lowest BCUT2D eigenvalue weighted by Crippen LogP contribution is -2.45. The zero-order valence-electron chi connectivity index (χ0n) is 13.1. The van der Waals surface area contributed by atoms with Crippen LogP contribution in [0, 0.1) is 12.8 Å². The van der Waals surface area contributed by atoms with Gasteiger partial charge in [0.15, 0.2) is 0 Å². The molecule has 0 radical (unpaired) electrons. The first-order valence-electron chi connectivity index (χ1n) is 7.93. The first-order valence-corrected chi connectivity index (χ1v) is 7.93. The number of carbonyl (C=O) groups is 2. The molecule has 0 atom stereocenters. The second kappa shape index (κ2) is 8.41. The Labute approximate surface area is 131 Å². The van der Waals surface area contributed by atoms with Gasteiger partial charge in [0.1, 0.15) is 5.75 Å². The third-order valence-electron chi connectivity index (χ3n) is 3.89. The fourth-order valence-corrected chi connectivity index (χ4v) is 2.63. The molecule has 0 bridgehead atoms. The Hall–Kier alpha value is -2.04. The number of amides is 2. The molecule has 2 rings (SSSR count). The highest BCUT2D eigenvalue weighted by Crippen LogP contribution is 2.23. The van der Waals surface area contributed by atoms with Crippen LogP contribution in [0.1, 0.15) is 44.1 Å². The highest BCUT2D eigenvalue weighted by Gasteiger charge is 2.21. The van der Waals surface area contributed by atoms with Crippen molar-refractivity contribution in [1.29, 1.82) is 0 Å². The highest BCUT2D eigenvalue weighted by molar-refractivity contribution is 5.83. The van der Waals surface area contributed by atoms with Gasteiger partial charge in [0.05, 0.1) is 13.0 Å². The summed E-state index contributed by atoms with van der Waals surface area (Å²) >= 11 is 0. The molecule has 1 aromatic carbocycles. The molecule has 5 nitrogen and oxygen atoms in total. The lowest BCUT2D eigenvalue weighted by Gasteiger charge is -2.20. The number of carbonyl (C=O) groups excluding carboxylic acids is 2. The topological polar surface area (TPSA) is 67.4 Å². The number of benzene rings is 1. The molecule has 0 spiro atoms. The number of hydrogen-bond acceptors (Lipinski definition) is 3. The number of nitrogens with one attached hydrogen (secondary N) is 2. The van der Waals surface area contributed by atoms with E-state index in [1.807, 2.05) is 31.2 Å². The summed E-state index contributed by atoms with van der Waals surface area (Å²) in [5, 5.41) is 0. The molecular formula is C17H24N2O3. The molecule has 22 heavy (non-hydrogen) atoms. The standard InChI is InChI=1S/C17H24N2O3/c1-13-6-5-9-15(12-13)22-11-10-16(20)18-19-17(21)14-7-3-2-4-8-14/h5-6,9,12,14H,2-4,7-8,10-11H2,1H3,(H,18,20)(H,19,21). The summed E-state index contributed by atoms with van der Waals surface area (Å²) in [6, 6.07) is 7.67. The van der Waals surface area contributed by atoms with Crippen LogP contribution in [0.15, 0.2) is 24.3 Å². The van der Waals surface area contributed by atoms with E-state index in [9.17, 15) is 9.59 Å². The molecule has 0 aromatic heterocycles. The van der Waals surface area contributed by atoms with Gasteiger partial charge in [-0.05, 0) is 37.5 Å². The number of aryl methyl sites for hydroxylation is 1. The van der Waals surface area contributed by atoms with Gasteiger partial charge in [0.2, 0.25) is 11.8 Å². The summed E-state index contributed by atoms with van der Waals surface area (Å²) in [5.41, 5.74) is 6.09. The molecule has 0 saturated heterocycles. The van der Waals surface area contributed by atoms with E-state index in [1.165, 1.54) is 6.42 Å². The number of hydrogen-bond donors (Lipinski definition) is 2. The Balaban J connectivity index is 1.62. The SMILES string of the molecule is Cc1cccc(OCCC(=O)NNC(=O)C2CCCCC2)c1. The molecule has 2 amide bonds. The van der Waals surface area contributed by atoms with Crippen molar-refractivity contribution in [1.82, 2.24) is 10.9 Å². The van der Waals surface area contributed by atoms with Crippen LogP contribution in [0.3, 0.4) is 0 Å². The van der Waals surface area contributed by atoms with Gasteiger partial charge in [-0.2, -0.15) is 0 Å². The molecule has 1 aliphatic rings. The van der Waals surface area contributed by atoms with Gasteiger partial charge in [0, 0.05) is 5.92 Å². The van der Waals surface area contributed by atoms with Gasteiger partial charge in [-0.25, -0.2) is 0 Å². The lowest BCUT2D eigenvalue weighted by atomic mass is 9.89.